The van der Waals surface area contributed by atoms with Crippen LogP contribution in [0.5, 0.6) is 0 Å². The van der Waals surface area contributed by atoms with Gasteiger partial charge in [-0.15, -0.1) is 0 Å². The Labute approximate surface area is 85.0 Å². The molecule has 1 aromatic heterocycles. The number of nitrogens with zero attached hydrogens (tertiary/aromatic N) is 2. The van der Waals surface area contributed by atoms with Crippen LogP contribution in [-0.4, -0.2) is 16.5 Å². The topological polar surface area (TPSA) is 37.8 Å². The Kier molecular flexibility index (Phi) is 2.96. The van der Waals surface area contributed by atoms with E-state index in [1.165, 1.54) is 25.7 Å². The first-order valence-electron chi connectivity index (χ1n) is 5.37. The second-order valence-electron chi connectivity index (χ2n) is 4.08. The highest BCUT2D eigenvalue weighted by atomic mass is 15.0. The van der Waals surface area contributed by atoms with Gasteiger partial charge in [0.25, 0.3) is 0 Å². The SMILES string of the molecule is Cc1cc(NCC2CCCC2)ncn1. The molecule has 1 N–H and O–H groups in total. The fraction of sp³-hybridized carbons (Fsp3) is 0.636. The lowest BCUT2D eigenvalue weighted by Gasteiger charge is -2.10. The summed E-state index contributed by atoms with van der Waals surface area (Å²) in [6.45, 7) is 3.05. The molecule has 0 bridgehead atoms. The molecule has 1 heterocycles. The monoisotopic (exact) mass is 191 g/mol. The Bertz CT molecular complexity index is 292. The van der Waals surface area contributed by atoms with Crippen molar-refractivity contribution in [2.45, 2.75) is 32.6 Å². The van der Waals surface area contributed by atoms with Crippen LogP contribution in [0.4, 0.5) is 5.82 Å². The van der Waals surface area contributed by atoms with Crippen LogP contribution in [0.15, 0.2) is 12.4 Å². The van der Waals surface area contributed by atoms with Gasteiger partial charge in [0.1, 0.15) is 12.1 Å². The van der Waals surface area contributed by atoms with Gasteiger partial charge in [-0.1, -0.05) is 12.8 Å². The fourth-order valence-electron chi connectivity index (χ4n) is 2.01. The smallest absolute Gasteiger partial charge is 0.129 e. The van der Waals surface area contributed by atoms with Crippen LogP contribution < -0.4 is 5.32 Å². The van der Waals surface area contributed by atoms with E-state index in [2.05, 4.69) is 15.3 Å². The van der Waals surface area contributed by atoms with Crippen LogP contribution in [0.1, 0.15) is 31.4 Å². The zero-order chi connectivity index (χ0) is 9.80. The minimum atomic E-state index is 0.852. The number of nitrogens with one attached hydrogen (secondary N) is 1. The Balaban J connectivity index is 1.85. The van der Waals surface area contributed by atoms with E-state index in [1.807, 2.05) is 13.0 Å². The Morgan fingerprint density at radius 3 is 2.86 bits per heavy atom. The normalized spacial score (nSPS) is 17.2. The summed E-state index contributed by atoms with van der Waals surface area (Å²) in [6.07, 6.45) is 7.16. The number of aromatic nitrogens is 2. The molecular formula is C11H17N3. The van der Waals surface area contributed by atoms with E-state index in [4.69, 9.17) is 0 Å². The minimum Gasteiger partial charge on any atom is -0.370 e. The summed E-state index contributed by atoms with van der Waals surface area (Å²) >= 11 is 0. The third-order valence-corrected chi connectivity index (χ3v) is 2.85. The molecule has 3 heteroatoms. The lowest BCUT2D eigenvalue weighted by molar-refractivity contribution is 0.579. The van der Waals surface area contributed by atoms with Crippen molar-refractivity contribution < 1.29 is 0 Å². The first-order valence-corrected chi connectivity index (χ1v) is 5.37. The van der Waals surface area contributed by atoms with Crippen molar-refractivity contribution in [1.29, 1.82) is 0 Å². The summed E-state index contributed by atoms with van der Waals surface area (Å²) in [7, 11) is 0. The molecule has 1 fully saturated rings. The summed E-state index contributed by atoms with van der Waals surface area (Å²) in [6, 6.07) is 1.99. The molecule has 1 aliphatic rings. The molecule has 0 radical (unpaired) electrons. The number of rotatable bonds is 3. The van der Waals surface area contributed by atoms with Crippen molar-refractivity contribution in [2.24, 2.45) is 5.92 Å². The second kappa shape index (κ2) is 4.40. The van der Waals surface area contributed by atoms with Gasteiger partial charge in [-0.2, -0.15) is 0 Å². The summed E-state index contributed by atoms with van der Waals surface area (Å²) < 4.78 is 0. The van der Waals surface area contributed by atoms with Gasteiger partial charge in [-0.3, -0.25) is 0 Å². The molecule has 3 nitrogen and oxygen atoms in total. The molecular weight excluding hydrogens is 174 g/mol. The number of aryl methyl sites for hydroxylation is 1. The van der Waals surface area contributed by atoms with Gasteiger partial charge in [-0.25, -0.2) is 9.97 Å². The average Bonchev–Trinajstić information content (AvgIpc) is 2.67. The molecule has 0 spiro atoms. The van der Waals surface area contributed by atoms with Crippen molar-refractivity contribution in [3.63, 3.8) is 0 Å². The van der Waals surface area contributed by atoms with Crippen LogP contribution in [-0.2, 0) is 0 Å². The maximum absolute atomic E-state index is 4.18. The molecule has 0 aliphatic heterocycles. The van der Waals surface area contributed by atoms with Crippen molar-refractivity contribution >= 4 is 5.82 Å². The highest BCUT2D eigenvalue weighted by Crippen LogP contribution is 2.24. The van der Waals surface area contributed by atoms with Crippen LogP contribution in [0.25, 0.3) is 0 Å². The molecule has 0 unspecified atom stereocenters. The van der Waals surface area contributed by atoms with E-state index in [-0.39, 0.29) is 0 Å². The molecule has 1 aliphatic carbocycles. The van der Waals surface area contributed by atoms with Crippen molar-refractivity contribution in [3.05, 3.63) is 18.1 Å². The van der Waals surface area contributed by atoms with E-state index in [0.29, 0.717) is 0 Å². The molecule has 76 valence electrons. The third-order valence-electron chi connectivity index (χ3n) is 2.85. The average molecular weight is 191 g/mol. The maximum atomic E-state index is 4.18. The Morgan fingerprint density at radius 2 is 2.14 bits per heavy atom. The largest absolute Gasteiger partial charge is 0.370 e. The van der Waals surface area contributed by atoms with Gasteiger partial charge >= 0.3 is 0 Å². The van der Waals surface area contributed by atoms with Gasteiger partial charge in [-0.05, 0) is 25.7 Å². The molecule has 0 atom stereocenters. The van der Waals surface area contributed by atoms with Crippen LogP contribution in [0.2, 0.25) is 0 Å². The van der Waals surface area contributed by atoms with E-state index < -0.39 is 0 Å². The minimum absolute atomic E-state index is 0.852. The van der Waals surface area contributed by atoms with Crippen LogP contribution in [0.3, 0.4) is 0 Å². The molecule has 0 aromatic carbocycles. The number of anilines is 1. The van der Waals surface area contributed by atoms with Crippen molar-refractivity contribution in [1.82, 2.24) is 9.97 Å². The Morgan fingerprint density at radius 1 is 1.36 bits per heavy atom. The summed E-state index contributed by atoms with van der Waals surface area (Å²) in [5.41, 5.74) is 1.02. The molecule has 2 rings (SSSR count). The van der Waals surface area contributed by atoms with E-state index in [1.54, 1.807) is 6.33 Å². The highest BCUT2D eigenvalue weighted by molar-refractivity contribution is 5.34. The zero-order valence-corrected chi connectivity index (χ0v) is 8.66. The number of hydrogen-bond acceptors (Lipinski definition) is 3. The predicted molar refractivity (Wildman–Crippen MR) is 57.2 cm³/mol. The van der Waals surface area contributed by atoms with E-state index in [9.17, 15) is 0 Å². The molecule has 1 saturated carbocycles. The quantitative estimate of drug-likeness (QED) is 0.797. The predicted octanol–water partition coefficient (Wildman–Crippen LogP) is 2.39. The van der Waals surface area contributed by atoms with E-state index >= 15 is 0 Å². The van der Waals surface area contributed by atoms with Gasteiger partial charge in [0, 0.05) is 18.3 Å². The lowest BCUT2D eigenvalue weighted by atomic mass is 10.1. The highest BCUT2D eigenvalue weighted by Gasteiger charge is 2.14. The van der Waals surface area contributed by atoms with Crippen molar-refractivity contribution in [3.8, 4) is 0 Å². The standard InChI is InChI=1S/C11H17N3/c1-9-6-11(14-8-13-9)12-7-10-4-2-3-5-10/h6,8,10H,2-5,7H2,1H3,(H,12,13,14). The third kappa shape index (κ3) is 2.44. The second-order valence-corrected chi connectivity index (χ2v) is 4.08. The lowest BCUT2D eigenvalue weighted by Crippen LogP contribution is -2.12. The molecule has 0 amide bonds. The van der Waals surface area contributed by atoms with Gasteiger partial charge in [0.15, 0.2) is 0 Å². The van der Waals surface area contributed by atoms with E-state index in [0.717, 1.165) is 24.0 Å². The van der Waals surface area contributed by atoms with Gasteiger partial charge < -0.3 is 5.32 Å². The number of hydrogen-bond donors (Lipinski definition) is 1. The molecule has 14 heavy (non-hydrogen) atoms. The van der Waals surface area contributed by atoms with Gasteiger partial charge in [0.2, 0.25) is 0 Å². The molecule has 0 saturated heterocycles. The Hall–Kier alpha value is -1.12. The van der Waals surface area contributed by atoms with Gasteiger partial charge in [0.05, 0.1) is 0 Å². The first-order chi connectivity index (χ1) is 6.84. The van der Waals surface area contributed by atoms with Crippen LogP contribution >= 0.6 is 0 Å². The summed E-state index contributed by atoms with van der Waals surface area (Å²) in [5, 5.41) is 3.38. The first kappa shape index (κ1) is 9.44. The zero-order valence-electron chi connectivity index (χ0n) is 8.66. The fourth-order valence-corrected chi connectivity index (χ4v) is 2.01. The molecule has 1 aromatic rings. The summed E-state index contributed by atoms with van der Waals surface area (Å²) in [5.74, 6) is 1.81. The van der Waals surface area contributed by atoms with Crippen LogP contribution in [0, 0.1) is 12.8 Å². The van der Waals surface area contributed by atoms with Crippen molar-refractivity contribution in [2.75, 3.05) is 11.9 Å². The maximum Gasteiger partial charge on any atom is 0.129 e. The summed E-state index contributed by atoms with van der Waals surface area (Å²) in [4.78, 5) is 8.25.